The van der Waals surface area contributed by atoms with E-state index in [9.17, 15) is 4.79 Å². The van der Waals surface area contributed by atoms with Crippen molar-refractivity contribution in [3.05, 3.63) is 29.6 Å². The maximum Gasteiger partial charge on any atom is 0.189 e. The van der Waals surface area contributed by atoms with E-state index < -0.39 is 6.61 Å². The molecule has 0 unspecified atom stereocenters. The van der Waals surface area contributed by atoms with E-state index in [0.29, 0.717) is 5.56 Å². The van der Waals surface area contributed by atoms with Gasteiger partial charge in [-0.2, -0.15) is 0 Å². The molecule has 1 rings (SSSR count). The van der Waals surface area contributed by atoms with E-state index in [1.54, 1.807) is 12.3 Å². The van der Waals surface area contributed by atoms with Crippen LogP contribution >= 0.6 is 0 Å². The van der Waals surface area contributed by atoms with Gasteiger partial charge in [-0.1, -0.05) is 0 Å². The zero-order valence-corrected chi connectivity index (χ0v) is 6.24. The molecule has 1 aromatic heterocycles. The van der Waals surface area contributed by atoms with E-state index >= 15 is 0 Å². The first kappa shape index (κ1) is 7.88. The van der Waals surface area contributed by atoms with Crippen LogP contribution in [0.3, 0.4) is 0 Å². The summed E-state index contributed by atoms with van der Waals surface area (Å²) in [6.07, 6.45) is 3.11. The van der Waals surface area contributed by atoms with Crippen molar-refractivity contribution in [2.24, 2.45) is 0 Å². The highest BCUT2D eigenvalue weighted by atomic mass is 16.3. The second-order valence-electron chi connectivity index (χ2n) is 2.33. The van der Waals surface area contributed by atoms with Crippen LogP contribution in [0.15, 0.2) is 18.5 Å². The molecule has 0 aliphatic carbocycles. The van der Waals surface area contributed by atoms with Crippen LogP contribution in [-0.4, -0.2) is 22.5 Å². The smallest absolute Gasteiger partial charge is 0.189 e. The number of aryl methyl sites for hydroxylation is 1. The number of carbonyl (C=O) groups excluding carboxylic acids is 1. The fraction of sp³-hybridized carbons (Fsp3) is 0.250. The number of Topliss-reactive ketones (excluding diaryl/α,β-unsaturated/α-hetero) is 1. The van der Waals surface area contributed by atoms with E-state index in [1.165, 1.54) is 6.20 Å². The maximum absolute atomic E-state index is 10.9. The second kappa shape index (κ2) is 3.25. The molecule has 3 nitrogen and oxygen atoms in total. The van der Waals surface area contributed by atoms with E-state index in [4.69, 9.17) is 5.11 Å². The Balaban J connectivity index is 2.96. The van der Waals surface area contributed by atoms with Gasteiger partial charge < -0.3 is 5.11 Å². The molecule has 1 aromatic rings. The topological polar surface area (TPSA) is 50.2 Å². The maximum atomic E-state index is 10.9. The molecule has 0 amide bonds. The Labute approximate surface area is 64.7 Å². The van der Waals surface area contributed by atoms with Crippen LogP contribution in [0.2, 0.25) is 0 Å². The van der Waals surface area contributed by atoms with Crippen molar-refractivity contribution in [2.75, 3.05) is 6.61 Å². The van der Waals surface area contributed by atoms with Crippen molar-refractivity contribution in [3.63, 3.8) is 0 Å². The number of ketones is 1. The molecule has 58 valence electrons. The van der Waals surface area contributed by atoms with Crippen LogP contribution in [0.4, 0.5) is 0 Å². The highest BCUT2D eigenvalue weighted by Gasteiger charge is 2.02. The van der Waals surface area contributed by atoms with Crippen LogP contribution in [0.1, 0.15) is 15.9 Å². The third kappa shape index (κ3) is 1.85. The lowest BCUT2D eigenvalue weighted by atomic mass is 10.1. The first-order valence-corrected chi connectivity index (χ1v) is 3.30. The first-order valence-electron chi connectivity index (χ1n) is 3.30. The molecule has 0 aliphatic rings. The Morgan fingerprint density at radius 3 is 2.91 bits per heavy atom. The monoisotopic (exact) mass is 151 g/mol. The largest absolute Gasteiger partial charge is 0.388 e. The van der Waals surface area contributed by atoms with Crippen molar-refractivity contribution in [1.29, 1.82) is 0 Å². The van der Waals surface area contributed by atoms with Crippen LogP contribution < -0.4 is 0 Å². The van der Waals surface area contributed by atoms with E-state index in [-0.39, 0.29) is 5.78 Å². The molecule has 0 saturated carbocycles. The molecule has 11 heavy (non-hydrogen) atoms. The zero-order chi connectivity index (χ0) is 8.27. The van der Waals surface area contributed by atoms with Crippen molar-refractivity contribution in [2.45, 2.75) is 6.92 Å². The number of nitrogens with zero attached hydrogens (tertiary/aromatic N) is 1. The Hall–Kier alpha value is -1.22. The molecule has 0 spiro atoms. The van der Waals surface area contributed by atoms with Gasteiger partial charge in [0.15, 0.2) is 5.78 Å². The number of aliphatic hydroxyl groups is 1. The number of rotatable bonds is 2. The lowest BCUT2D eigenvalue weighted by Crippen LogP contribution is -2.04. The first-order chi connectivity index (χ1) is 5.24. The molecule has 1 heterocycles. The summed E-state index contributed by atoms with van der Waals surface area (Å²) < 4.78 is 0. The lowest BCUT2D eigenvalue weighted by Gasteiger charge is -1.96. The van der Waals surface area contributed by atoms with Gasteiger partial charge in [0.2, 0.25) is 0 Å². The molecular weight excluding hydrogens is 142 g/mol. The summed E-state index contributed by atoms with van der Waals surface area (Å²) in [4.78, 5) is 14.7. The Kier molecular flexibility index (Phi) is 2.33. The SMILES string of the molecule is Cc1cncc(C(=O)CO)c1. The summed E-state index contributed by atoms with van der Waals surface area (Å²) in [5.41, 5.74) is 1.39. The molecule has 0 radical (unpaired) electrons. The van der Waals surface area contributed by atoms with Crippen LogP contribution in [-0.2, 0) is 0 Å². The summed E-state index contributed by atoms with van der Waals surface area (Å²) >= 11 is 0. The van der Waals surface area contributed by atoms with Gasteiger partial charge in [-0.3, -0.25) is 9.78 Å². The number of hydrogen-bond donors (Lipinski definition) is 1. The fourth-order valence-electron chi connectivity index (χ4n) is 0.799. The summed E-state index contributed by atoms with van der Waals surface area (Å²) in [5, 5.41) is 8.50. The molecule has 0 bridgehead atoms. The van der Waals surface area contributed by atoms with Gasteiger partial charge in [0.1, 0.15) is 6.61 Å². The van der Waals surface area contributed by atoms with Gasteiger partial charge in [-0.25, -0.2) is 0 Å². The molecule has 0 aliphatic heterocycles. The van der Waals surface area contributed by atoms with Crippen LogP contribution in [0.5, 0.6) is 0 Å². The molecule has 0 fully saturated rings. The van der Waals surface area contributed by atoms with Gasteiger partial charge in [0.25, 0.3) is 0 Å². The summed E-state index contributed by atoms with van der Waals surface area (Å²) in [5.74, 6) is -0.291. The lowest BCUT2D eigenvalue weighted by molar-refractivity contribution is 0.0903. The molecule has 0 saturated heterocycles. The molecule has 0 aromatic carbocycles. The zero-order valence-electron chi connectivity index (χ0n) is 6.24. The third-order valence-electron chi connectivity index (χ3n) is 1.34. The van der Waals surface area contributed by atoms with Gasteiger partial charge >= 0.3 is 0 Å². The summed E-state index contributed by atoms with van der Waals surface area (Å²) in [6, 6.07) is 1.70. The minimum atomic E-state index is -0.453. The average molecular weight is 151 g/mol. The average Bonchev–Trinajstić information content (AvgIpc) is 2.03. The quantitative estimate of drug-likeness (QED) is 0.628. The minimum absolute atomic E-state index is 0.291. The highest BCUT2D eigenvalue weighted by Crippen LogP contribution is 2.01. The fourth-order valence-corrected chi connectivity index (χ4v) is 0.799. The van der Waals surface area contributed by atoms with Crippen molar-refractivity contribution in [3.8, 4) is 0 Å². The van der Waals surface area contributed by atoms with Gasteiger partial charge in [0, 0.05) is 18.0 Å². The molecule has 3 heteroatoms. The van der Waals surface area contributed by atoms with Gasteiger partial charge in [0.05, 0.1) is 0 Å². The summed E-state index contributed by atoms with van der Waals surface area (Å²) in [6.45, 7) is 1.40. The predicted octanol–water partition coefficient (Wildman–Crippen LogP) is 0.565. The predicted molar refractivity (Wildman–Crippen MR) is 40.4 cm³/mol. The number of carbonyl (C=O) groups is 1. The Morgan fingerprint density at radius 1 is 1.64 bits per heavy atom. The van der Waals surface area contributed by atoms with E-state index in [1.807, 2.05) is 6.92 Å². The standard InChI is InChI=1S/C8H9NO2/c1-6-2-7(4-9-3-6)8(11)5-10/h2-4,10H,5H2,1H3. The third-order valence-corrected chi connectivity index (χ3v) is 1.34. The van der Waals surface area contributed by atoms with Gasteiger partial charge in [-0.05, 0) is 18.6 Å². The highest BCUT2D eigenvalue weighted by molar-refractivity contribution is 5.96. The van der Waals surface area contributed by atoms with E-state index in [0.717, 1.165) is 5.56 Å². The summed E-state index contributed by atoms with van der Waals surface area (Å²) in [7, 11) is 0. The van der Waals surface area contributed by atoms with Crippen LogP contribution in [0.25, 0.3) is 0 Å². The normalized spacial score (nSPS) is 9.64. The molecule has 0 atom stereocenters. The Bertz CT molecular complexity index is 271. The van der Waals surface area contributed by atoms with Crippen LogP contribution in [0, 0.1) is 6.92 Å². The second-order valence-corrected chi connectivity index (χ2v) is 2.33. The van der Waals surface area contributed by atoms with Gasteiger partial charge in [-0.15, -0.1) is 0 Å². The van der Waals surface area contributed by atoms with Crippen molar-refractivity contribution < 1.29 is 9.90 Å². The van der Waals surface area contributed by atoms with Crippen molar-refractivity contribution in [1.82, 2.24) is 4.98 Å². The Morgan fingerprint density at radius 2 is 2.36 bits per heavy atom. The number of hydrogen-bond acceptors (Lipinski definition) is 3. The number of aromatic nitrogens is 1. The number of pyridine rings is 1. The minimum Gasteiger partial charge on any atom is -0.388 e. The molecular formula is C8H9NO2. The molecule has 1 N–H and O–H groups in total. The van der Waals surface area contributed by atoms with E-state index in [2.05, 4.69) is 4.98 Å². The number of aliphatic hydroxyl groups excluding tert-OH is 1. The van der Waals surface area contributed by atoms with Crippen molar-refractivity contribution >= 4 is 5.78 Å².